The molecule has 0 N–H and O–H groups in total. The summed E-state index contributed by atoms with van der Waals surface area (Å²) in [5.74, 6) is 0. The summed E-state index contributed by atoms with van der Waals surface area (Å²) < 4.78 is 0. The molecule has 0 heterocycles. The van der Waals surface area contributed by atoms with Gasteiger partial charge in [-0.15, -0.1) is 0 Å². The molecular formula is C8H8N2. The normalized spacial score (nSPS) is 7.70. The number of nitrogens with zero attached hydrogens (tertiary/aromatic N) is 2. The molecule has 0 aromatic heterocycles. The Balaban J connectivity index is 2.76. The first-order valence-corrected chi connectivity index (χ1v) is 3.03. The number of rotatable bonds is 0. The number of hydrogen-bond donors (Lipinski definition) is 0. The van der Waals surface area contributed by atoms with Gasteiger partial charge in [0.15, 0.2) is 0 Å². The summed E-state index contributed by atoms with van der Waals surface area (Å²) in [6.07, 6.45) is 0. The molecule has 0 amide bonds. The lowest BCUT2D eigenvalue weighted by Gasteiger charge is -1.80. The van der Waals surface area contributed by atoms with Crippen LogP contribution in [0.3, 0.4) is 0 Å². The van der Waals surface area contributed by atoms with Crippen molar-refractivity contribution in [2.75, 3.05) is 7.05 Å². The van der Waals surface area contributed by atoms with Crippen molar-refractivity contribution in [1.82, 2.24) is 0 Å². The Kier molecular flexibility index (Phi) is 2.33. The van der Waals surface area contributed by atoms with Crippen molar-refractivity contribution in [2.24, 2.45) is 0 Å². The van der Waals surface area contributed by atoms with E-state index in [1.807, 2.05) is 30.3 Å². The summed E-state index contributed by atoms with van der Waals surface area (Å²) in [6.45, 7) is 0. The molecule has 0 saturated heterocycles. The molecule has 0 radical (unpaired) electrons. The maximum Gasteiger partial charge on any atom is 0.309 e. The van der Waals surface area contributed by atoms with Gasteiger partial charge in [0, 0.05) is 0 Å². The second kappa shape index (κ2) is 3.52. The van der Waals surface area contributed by atoms with E-state index in [0.29, 0.717) is 0 Å². The molecule has 1 aromatic carbocycles. The van der Waals surface area contributed by atoms with E-state index >= 15 is 0 Å². The van der Waals surface area contributed by atoms with E-state index in [1.165, 1.54) is 0 Å². The summed E-state index contributed by atoms with van der Waals surface area (Å²) in [6, 6.07) is 12.4. The van der Waals surface area contributed by atoms with Crippen LogP contribution in [0.1, 0.15) is 5.56 Å². The highest BCUT2D eigenvalue weighted by atomic mass is 15.2. The van der Waals surface area contributed by atoms with Crippen LogP contribution in [0.15, 0.2) is 30.3 Å². The van der Waals surface area contributed by atoms with Gasteiger partial charge in [-0.1, -0.05) is 30.2 Å². The lowest BCUT2D eigenvalue weighted by molar-refractivity contribution is 1.62. The molecule has 1 aromatic rings. The fraction of sp³-hybridized carbons (Fsp3) is 0.125. The molecule has 2 heteroatoms. The zero-order valence-corrected chi connectivity index (χ0v) is 5.78. The van der Waals surface area contributed by atoms with Gasteiger partial charge < -0.3 is 5.43 Å². The van der Waals surface area contributed by atoms with Gasteiger partial charge in [-0.3, -0.25) is 0 Å². The summed E-state index contributed by atoms with van der Waals surface area (Å²) in [5, 5.41) is 0. The van der Waals surface area contributed by atoms with E-state index in [0.717, 1.165) is 5.56 Å². The predicted molar refractivity (Wildman–Crippen MR) is 42.1 cm³/mol. The van der Waals surface area contributed by atoms with Gasteiger partial charge in [0.05, 0.1) is 0 Å². The molecule has 0 bridgehead atoms. The Morgan fingerprint density at radius 1 is 1.30 bits per heavy atom. The topological polar surface area (TPSA) is 18.5 Å². The quantitative estimate of drug-likeness (QED) is 0.482. The monoisotopic (exact) mass is 132 g/mol. The Morgan fingerprint density at radius 2 is 2.00 bits per heavy atom. The smallest absolute Gasteiger partial charge is 0.309 e. The Morgan fingerprint density at radius 3 is 2.60 bits per heavy atom. The largest absolute Gasteiger partial charge is 0.312 e. The van der Waals surface area contributed by atoms with E-state index in [9.17, 15) is 0 Å². The van der Waals surface area contributed by atoms with Crippen LogP contribution in [0.2, 0.25) is 0 Å². The lowest BCUT2D eigenvalue weighted by Crippen LogP contribution is -1.67. The van der Waals surface area contributed by atoms with Crippen molar-refractivity contribution in [3.05, 3.63) is 46.3 Å². The maximum absolute atomic E-state index is 3.62. The van der Waals surface area contributed by atoms with Crippen LogP contribution in [0.25, 0.3) is 10.4 Å². The van der Waals surface area contributed by atoms with Gasteiger partial charge in [0.25, 0.3) is 0 Å². The highest BCUT2D eigenvalue weighted by Gasteiger charge is 1.86. The Labute approximate surface area is 60.3 Å². The van der Waals surface area contributed by atoms with Gasteiger partial charge in [-0.05, 0) is 12.1 Å². The lowest BCUT2D eigenvalue weighted by atomic mass is 10.2. The highest BCUT2D eigenvalue weighted by molar-refractivity contribution is 5.31. The Hall–Kier alpha value is -1.49. The summed E-state index contributed by atoms with van der Waals surface area (Å²) >= 11 is 0. The van der Waals surface area contributed by atoms with Crippen LogP contribution in [0.5, 0.6) is 0 Å². The van der Waals surface area contributed by atoms with Crippen LogP contribution in [0, 0.1) is 6.07 Å². The summed E-state index contributed by atoms with van der Waals surface area (Å²) in [7, 11) is 1.62. The van der Waals surface area contributed by atoms with Gasteiger partial charge in [-0.25, -0.2) is 0 Å². The predicted octanol–water partition coefficient (Wildman–Crippen LogP) is 2.29. The van der Waals surface area contributed by atoms with Gasteiger partial charge in [0.2, 0.25) is 0 Å². The molecular weight excluding hydrogens is 124 g/mol. The first kappa shape index (κ1) is 6.63. The van der Waals surface area contributed by atoms with E-state index < -0.39 is 0 Å². The van der Waals surface area contributed by atoms with Crippen LogP contribution < -0.4 is 0 Å². The molecule has 0 aliphatic carbocycles. The fourth-order valence-corrected chi connectivity index (χ4v) is 0.620. The third-order valence-corrected chi connectivity index (χ3v) is 1.05. The molecule has 0 atom stereocenters. The van der Waals surface area contributed by atoms with E-state index in [-0.39, 0.29) is 0 Å². The van der Waals surface area contributed by atoms with Crippen LogP contribution in [-0.2, 0) is 0 Å². The van der Waals surface area contributed by atoms with Crippen LogP contribution in [-0.4, -0.2) is 7.05 Å². The van der Waals surface area contributed by atoms with Gasteiger partial charge in [0.1, 0.15) is 5.56 Å². The SMILES string of the molecule is C[N-][N+]#Cc1ccccc1. The zero-order valence-electron chi connectivity index (χ0n) is 5.78. The van der Waals surface area contributed by atoms with Crippen molar-refractivity contribution in [3.63, 3.8) is 0 Å². The standard InChI is InChI=1S/C8H8N2/c1-9-10-7-8-5-3-2-4-6-8/h2-6H,1H3. The minimum absolute atomic E-state index is 0.952. The molecule has 0 aliphatic heterocycles. The molecule has 1 rings (SSSR count). The van der Waals surface area contributed by atoms with Crippen molar-refractivity contribution >= 4 is 0 Å². The second-order valence-electron chi connectivity index (χ2n) is 1.78. The third-order valence-electron chi connectivity index (χ3n) is 1.05. The number of benzene rings is 1. The minimum Gasteiger partial charge on any atom is -0.312 e. The summed E-state index contributed by atoms with van der Waals surface area (Å²) in [4.78, 5) is 3.62. The highest BCUT2D eigenvalue weighted by Crippen LogP contribution is 1.95. The molecule has 0 unspecified atom stereocenters. The minimum atomic E-state index is 0.952. The maximum atomic E-state index is 3.62. The Bertz CT molecular complexity index is 243. The van der Waals surface area contributed by atoms with Crippen molar-refractivity contribution in [1.29, 1.82) is 0 Å². The molecule has 0 saturated carbocycles. The second-order valence-corrected chi connectivity index (χ2v) is 1.78. The van der Waals surface area contributed by atoms with E-state index in [1.54, 1.807) is 7.05 Å². The average molecular weight is 132 g/mol. The van der Waals surface area contributed by atoms with Crippen LogP contribution in [0.4, 0.5) is 0 Å². The first-order chi connectivity index (χ1) is 4.93. The average Bonchev–Trinajstić information content (AvgIpc) is 2.03. The van der Waals surface area contributed by atoms with Gasteiger partial charge in [-0.2, -0.15) is 0 Å². The molecule has 0 fully saturated rings. The van der Waals surface area contributed by atoms with Gasteiger partial charge >= 0.3 is 6.07 Å². The number of hydrogen-bond acceptors (Lipinski definition) is 0. The molecule has 50 valence electrons. The molecule has 0 aliphatic rings. The van der Waals surface area contributed by atoms with Crippen molar-refractivity contribution in [2.45, 2.75) is 0 Å². The zero-order chi connectivity index (χ0) is 7.23. The van der Waals surface area contributed by atoms with Crippen molar-refractivity contribution in [3.8, 4) is 6.07 Å². The van der Waals surface area contributed by atoms with E-state index in [4.69, 9.17) is 0 Å². The summed E-state index contributed by atoms with van der Waals surface area (Å²) in [5.41, 5.74) is 4.50. The molecule has 10 heavy (non-hydrogen) atoms. The first-order valence-electron chi connectivity index (χ1n) is 3.03. The van der Waals surface area contributed by atoms with Crippen molar-refractivity contribution < 1.29 is 0 Å². The van der Waals surface area contributed by atoms with Crippen LogP contribution >= 0.6 is 0 Å². The fourth-order valence-electron chi connectivity index (χ4n) is 0.620. The third kappa shape index (κ3) is 1.79. The van der Waals surface area contributed by atoms with E-state index in [2.05, 4.69) is 16.4 Å². The molecule has 2 nitrogen and oxygen atoms in total. The molecule has 0 spiro atoms.